The second kappa shape index (κ2) is 8.14. The number of nitrogens with one attached hydrogen (secondary N) is 3. The van der Waals surface area contributed by atoms with Gasteiger partial charge in [0.1, 0.15) is 10.2 Å². The molecule has 3 N–H and O–H groups in total. The van der Waals surface area contributed by atoms with E-state index in [0.717, 1.165) is 33.4 Å². The average Bonchev–Trinajstić information content (AvgIpc) is 3.19. The Balaban J connectivity index is 1.45. The molecule has 0 saturated heterocycles. The maximum absolute atomic E-state index is 12.3. The molecule has 7 nitrogen and oxygen atoms in total. The van der Waals surface area contributed by atoms with Crippen LogP contribution in [0.1, 0.15) is 11.3 Å². The van der Waals surface area contributed by atoms with Gasteiger partial charge in [-0.2, -0.15) is 5.10 Å². The molecule has 0 saturated carbocycles. The molecule has 3 heterocycles. The maximum Gasteiger partial charge on any atom is 0.338 e. The van der Waals surface area contributed by atoms with E-state index in [1.165, 1.54) is 11.3 Å². The summed E-state index contributed by atoms with van der Waals surface area (Å²) < 4.78 is 2.28. The normalized spacial score (nSPS) is 11.0. The summed E-state index contributed by atoms with van der Waals surface area (Å²) in [5.74, 6) is 0.516. The fraction of sp³-hybridized carbons (Fsp3) is 0.150. The van der Waals surface area contributed by atoms with E-state index >= 15 is 0 Å². The number of thiophene rings is 1. The van der Waals surface area contributed by atoms with Crippen LogP contribution in [-0.2, 0) is 7.05 Å². The first-order valence-corrected chi connectivity index (χ1v) is 10.6. The van der Waals surface area contributed by atoms with E-state index in [4.69, 9.17) is 23.2 Å². The molecule has 0 spiro atoms. The Morgan fingerprint density at radius 2 is 1.97 bits per heavy atom. The zero-order chi connectivity index (χ0) is 21.4. The van der Waals surface area contributed by atoms with E-state index in [2.05, 4.69) is 26.3 Å². The number of carbonyl (C=O) groups is 1. The maximum atomic E-state index is 12.3. The molecule has 30 heavy (non-hydrogen) atoms. The number of amides is 2. The predicted molar refractivity (Wildman–Crippen MR) is 124 cm³/mol. The van der Waals surface area contributed by atoms with Crippen molar-refractivity contribution >= 4 is 62.4 Å². The van der Waals surface area contributed by atoms with Crippen LogP contribution in [0.5, 0.6) is 0 Å². The lowest BCUT2D eigenvalue weighted by atomic mass is 10.1. The first-order valence-electron chi connectivity index (χ1n) is 9.01. The van der Waals surface area contributed by atoms with E-state index in [-0.39, 0.29) is 0 Å². The monoisotopic (exact) mass is 460 g/mol. The number of aromatic nitrogens is 3. The summed E-state index contributed by atoms with van der Waals surface area (Å²) in [4.78, 5) is 16.8. The van der Waals surface area contributed by atoms with Crippen LogP contribution in [0.4, 0.5) is 15.6 Å². The predicted octanol–water partition coefficient (Wildman–Crippen LogP) is 5.77. The molecule has 0 aliphatic carbocycles. The number of nitrogens with zero attached hydrogens (tertiary/aromatic N) is 3. The quantitative estimate of drug-likeness (QED) is 0.337. The number of halogens is 2. The number of rotatable bonds is 4. The van der Waals surface area contributed by atoms with Gasteiger partial charge in [-0.15, -0.1) is 11.3 Å². The molecule has 10 heteroatoms. The highest BCUT2D eigenvalue weighted by Gasteiger charge is 2.13. The van der Waals surface area contributed by atoms with Crippen molar-refractivity contribution in [3.63, 3.8) is 0 Å². The molecular formula is C20H18Cl2N6OS. The third kappa shape index (κ3) is 4.07. The molecule has 0 bridgehead atoms. The van der Waals surface area contributed by atoms with Gasteiger partial charge >= 0.3 is 6.03 Å². The minimum atomic E-state index is -0.439. The van der Waals surface area contributed by atoms with Gasteiger partial charge in [0.25, 0.3) is 0 Å². The smallest absolute Gasteiger partial charge is 0.298 e. The van der Waals surface area contributed by atoms with Gasteiger partial charge in [-0.05, 0) is 49.2 Å². The van der Waals surface area contributed by atoms with E-state index in [1.54, 1.807) is 10.7 Å². The number of hydrazine groups is 1. The van der Waals surface area contributed by atoms with Crippen LogP contribution >= 0.6 is 34.5 Å². The minimum absolute atomic E-state index is 0.439. The molecular weight excluding hydrogens is 443 g/mol. The Kier molecular flexibility index (Phi) is 5.55. The van der Waals surface area contributed by atoms with Crippen LogP contribution < -0.4 is 16.2 Å². The molecule has 0 radical (unpaired) electrons. The highest BCUT2D eigenvalue weighted by molar-refractivity contribution is 7.20. The summed E-state index contributed by atoms with van der Waals surface area (Å²) >= 11 is 13.7. The summed E-state index contributed by atoms with van der Waals surface area (Å²) in [5.41, 5.74) is 9.80. The number of fused-ring (bicyclic) bond motifs is 1. The van der Waals surface area contributed by atoms with Gasteiger partial charge < -0.3 is 0 Å². The van der Waals surface area contributed by atoms with Crippen LogP contribution in [0, 0.1) is 13.8 Å². The SMILES string of the molecule is Cc1cc(NNC(=O)Nc2cc(-c3cccc(Cl)c3)c(Cl)s2)nc2c1c(C)nn2C. The largest absolute Gasteiger partial charge is 0.338 e. The van der Waals surface area contributed by atoms with Crippen LogP contribution in [-0.4, -0.2) is 20.8 Å². The summed E-state index contributed by atoms with van der Waals surface area (Å²) in [6, 6.07) is 10.6. The van der Waals surface area contributed by atoms with Crippen LogP contribution in [0.2, 0.25) is 9.36 Å². The highest BCUT2D eigenvalue weighted by atomic mass is 35.5. The molecule has 4 aromatic rings. The third-order valence-electron chi connectivity index (χ3n) is 4.53. The highest BCUT2D eigenvalue weighted by Crippen LogP contribution is 2.39. The fourth-order valence-electron chi connectivity index (χ4n) is 3.27. The van der Waals surface area contributed by atoms with Crippen molar-refractivity contribution in [3.8, 4) is 11.1 Å². The van der Waals surface area contributed by atoms with Crippen LogP contribution in [0.3, 0.4) is 0 Å². The van der Waals surface area contributed by atoms with E-state index in [0.29, 0.717) is 20.2 Å². The van der Waals surface area contributed by atoms with Crippen molar-refractivity contribution in [3.05, 3.63) is 57.0 Å². The zero-order valence-electron chi connectivity index (χ0n) is 16.4. The standard InChI is InChI=1S/C20H18Cl2N6OS/c1-10-7-15(23-19-17(10)11(2)27-28(19)3)25-26-20(29)24-16-9-14(18(22)30-16)12-5-4-6-13(21)8-12/h4-9H,1-3H3,(H,23,25)(H2,24,26,29). The third-order valence-corrected chi connectivity index (χ3v) is 6.04. The van der Waals surface area contributed by atoms with Gasteiger partial charge in [-0.3, -0.25) is 20.9 Å². The molecule has 2 amide bonds. The molecule has 4 rings (SSSR count). The molecule has 154 valence electrons. The second-order valence-corrected chi connectivity index (χ2v) is 8.84. The van der Waals surface area contributed by atoms with Gasteiger partial charge in [0.2, 0.25) is 0 Å². The van der Waals surface area contributed by atoms with Crippen molar-refractivity contribution in [2.45, 2.75) is 13.8 Å². The Hall–Kier alpha value is -2.81. The summed E-state index contributed by atoms with van der Waals surface area (Å²) in [6.45, 7) is 3.93. The van der Waals surface area contributed by atoms with Gasteiger partial charge in [0.05, 0.1) is 10.7 Å². The summed E-state index contributed by atoms with van der Waals surface area (Å²) in [6.07, 6.45) is 0. The number of aryl methyl sites for hydroxylation is 3. The van der Waals surface area contributed by atoms with Crippen molar-refractivity contribution in [2.75, 3.05) is 10.7 Å². The molecule has 0 aliphatic rings. The number of urea groups is 1. The number of hydrogen-bond acceptors (Lipinski definition) is 5. The zero-order valence-corrected chi connectivity index (χ0v) is 18.7. The molecule has 3 aromatic heterocycles. The Morgan fingerprint density at radius 3 is 2.73 bits per heavy atom. The number of carbonyl (C=O) groups excluding carboxylic acids is 1. The van der Waals surface area contributed by atoms with Crippen molar-refractivity contribution in [2.24, 2.45) is 7.05 Å². The first kappa shape index (κ1) is 20.5. The Morgan fingerprint density at radius 1 is 1.17 bits per heavy atom. The lowest BCUT2D eigenvalue weighted by Gasteiger charge is -2.09. The lowest BCUT2D eigenvalue weighted by Crippen LogP contribution is -2.33. The van der Waals surface area contributed by atoms with Gasteiger partial charge in [-0.25, -0.2) is 9.78 Å². The number of anilines is 2. The number of pyridine rings is 1. The molecule has 0 atom stereocenters. The Bertz CT molecular complexity index is 1270. The van der Waals surface area contributed by atoms with E-state index in [1.807, 2.05) is 51.2 Å². The van der Waals surface area contributed by atoms with E-state index < -0.39 is 6.03 Å². The van der Waals surface area contributed by atoms with Gasteiger partial charge in [0.15, 0.2) is 5.65 Å². The summed E-state index contributed by atoms with van der Waals surface area (Å²) in [7, 11) is 1.84. The number of benzene rings is 1. The molecule has 1 aromatic carbocycles. The van der Waals surface area contributed by atoms with Crippen molar-refractivity contribution < 1.29 is 4.79 Å². The molecule has 0 aliphatic heterocycles. The average molecular weight is 461 g/mol. The van der Waals surface area contributed by atoms with Crippen LogP contribution in [0.15, 0.2) is 36.4 Å². The molecule has 0 fully saturated rings. The fourth-order valence-corrected chi connectivity index (χ4v) is 4.67. The Labute approximate surface area is 187 Å². The first-order chi connectivity index (χ1) is 14.3. The topological polar surface area (TPSA) is 83.9 Å². The van der Waals surface area contributed by atoms with Gasteiger partial charge in [-0.1, -0.05) is 35.3 Å². The van der Waals surface area contributed by atoms with Crippen molar-refractivity contribution in [1.82, 2.24) is 20.2 Å². The summed E-state index contributed by atoms with van der Waals surface area (Å²) in [5, 5.41) is 9.40. The van der Waals surface area contributed by atoms with Gasteiger partial charge in [0, 0.05) is 23.0 Å². The lowest BCUT2D eigenvalue weighted by molar-refractivity contribution is 0.254. The van der Waals surface area contributed by atoms with Crippen LogP contribution in [0.25, 0.3) is 22.2 Å². The van der Waals surface area contributed by atoms with Crippen molar-refractivity contribution in [1.29, 1.82) is 0 Å². The second-order valence-electron chi connectivity index (χ2n) is 6.74. The minimum Gasteiger partial charge on any atom is -0.298 e. The molecule has 0 unspecified atom stereocenters. The van der Waals surface area contributed by atoms with E-state index in [9.17, 15) is 4.79 Å². The number of hydrogen-bond donors (Lipinski definition) is 3.